The fraction of sp³-hybridized carbons (Fsp3) is 0.353. The van der Waals surface area contributed by atoms with Crippen molar-refractivity contribution in [2.24, 2.45) is 5.92 Å². The molecular formula is C17H19N3O2. The number of rotatable bonds is 3. The first-order chi connectivity index (χ1) is 10.5. The normalized spacial score (nSPS) is 16.9. The van der Waals surface area contributed by atoms with Crippen molar-refractivity contribution in [2.45, 2.75) is 33.1 Å². The number of nitrogens with zero attached hydrogens (tertiary/aromatic N) is 1. The van der Waals surface area contributed by atoms with Gasteiger partial charge in [0, 0.05) is 29.3 Å². The Kier molecular flexibility index (Phi) is 3.79. The van der Waals surface area contributed by atoms with Gasteiger partial charge in [-0.15, -0.1) is 0 Å². The molecule has 0 unspecified atom stereocenters. The first kappa shape index (κ1) is 14.5. The molecule has 0 fully saturated rings. The molecule has 3 rings (SSSR count). The molecule has 114 valence electrons. The quantitative estimate of drug-likeness (QED) is 0.855. The first-order valence-corrected chi connectivity index (χ1v) is 7.48. The third-order valence-electron chi connectivity index (χ3n) is 4.26. The van der Waals surface area contributed by atoms with Crippen molar-refractivity contribution < 1.29 is 9.59 Å². The lowest BCUT2D eigenvalue weighted by molar-refractivity contribution is -0.120. The molecule has 22 heavy (non-hydrogen) atoms. The first-order valence-electron chi connectivity index (χ1n) is 7.48. The average Bonchev–Trinajstić information content (AvgIpc) is 2.94. The summed E-state index contributed by atoms with van der Waals surface area (Å²) in [6.45, 7) is 3.43. The van der Waals surface area contributed by atoms with Gasteiger partial charge >= 0.3 is 0 Å². The van der Waals surface area contributed by atoms with Gasteiger partial charge in [-0.05, 0) is 56.0 Å². The number of nitrogens with one attached hydrogen (secondary N) is 2. The van der Waals surface area contributed by atoms with E-state index >= 15 is 0 Å². The SMILES string of the molecule is CC(=O)c1ccc(NC(=O)[C@@H]2CCc3cn[nH]c3C2)cc1C. The predicted octanol–water partition coefficient (Wildman–Crippen LogP) is 2.66. The summed E-state index contributed by atoms with van der Waals surface area (Å²) >= 11 is 0. The number of carbonyl (C=O) groups is 2. The summed E-state index contributed by atoms with van der Waals surface area (Å²) in [6.07, 6.45) is 4.26. The van der Waals surface area contributed by atoms with Crippen LogP contribution in [0.3, 0.4) is 0 Å². The van der Waals surface area contributed by atoms with Gasteiger partial charge in [0.25, 0.3) is 0 Å². The topological polar surface area (TPSA) is 74.8 Å². The van der Waals surface area contributed by atoms with Gasteiger partial charge < -0.3 is 5.32 Å². The second kappa shape index (κ2) is 5.75. The standard InChI is InChI=1S/C17H19N3O2/c1-10-7-14(5-6-15(10)11(2)21)19-17(22)12-3-4-13-9-18-20-16(13)8-12/h5-7,9,12H,3-4,8H2,1-2H3,(H,18,20)(H,19,22)/t12-/m1/s1. The van der Waals surface area contributed by atoms with Gasteiger partial charge in [0.15, 0.2) is 5.78 Å². The van der Waals surface area contributed by atoms with Gasteiger partial charge in [-0.3, -0.25) is 14.7 Å². The van der Waals surface area contributed by atoms with Crippen LogP contribution in [-0.2, 0) is 17.6 Å². The van der Waals surface area contributed by atoms with Crippen molar-refractivity contribution in [3.05, 3.63) is 46.8 Å². The molecule has 0 saturated heterocycles. The predicted molar refractivity (Wildman–Crippen MR) is 83.9 cm³/mol. The molecule has 1 atom stereocenters. The van der Waals surface area contributed by atoms with Gasteiger partial charge in [-0.25, -0.2) is 0 Å². The second-order valence-electron chi connectivity index (χ2n) is 5.89. The van der Waals surface area contributed by atoms with Crippen LogP contribution < -0.4 is 5.32 Å². The van der Waals surface area contributed by atoms with Gasteiger partial charge in [0.2, 0.25) is 5.91 Å². The summed E-state index contributed by atoms with van der Waals surface area (Å²) in [5.74, 6) is 0.0189. The zero-order valence-electron chi connectivity index (χ0n) is 12.8. The number of Topliss-reactive ketones (excluding diaryl/α,β-unsaturated/α-hetero) is 1. The molecule has 0 bridgehead atoms. The number of carbonyl (C=O) groups excluding carboxylic acids is 2. The Bertz CT molecular complexity index is 733. The van der Waals surface area contributed by atoms with Crippen molar-refractivity contribution >= 4 is 17.4 Å². The van der Waals surface area contributed by atoms with E-state index in [1.807, 2.05) is 19.2 Å². The molecule has 1 aromatic heterocycles. The minimum Gasteiger partial charge on any atom is -0.326 e. The summed E-state index contributed by atoms with van der Waals surface area (Å²) in [5, 5.41) is 9.96. The van der Waals surface area contributed by atoms with Crippen LogP contribution >= 0.6 is 0 Å². The third kappa shape index (κ3) is 2.79. The summed E-state index contributed by atoms with van der Waals surface area (Å²) in [4.78, 5) is 23.9. The lowest BCUT2D eigenvalue weighted by atomic mass is 9.87. The molecule has 5 nitrogen and oxygen atoms in total. The molecule has 2 N–H and O–H groups in total. The zero-order valence-corrected chi connectivity index (χ0v) is 12.8. The van der Waals surface area contributed by atoms with E-state index in [1.165, 1.54) is 5.56 Å². The highest BCUT2D eigenvalue weighted by molar-refractivity contribution is 5.97. The Hall–Kier alpha value is -2.43. The number of anilines is 1. The van der Waals surface area contributed by atoms with Crippen molar-refractivity contribution in [2.75, 3.05) is 5.32 Å². The van der Waals surface area contributed by atoms with Crippen molar-refractivity contribution in [1.29, 1.82) is 0 Å². The summed E-state index contributed by atoms with van der Waals surface area (Å²) in [5.41, 5.74) is 4.59. The van der Waals surface area contributed by atoms with Crippen molar-refractivity contribution in [3.63, 3.8) is 0 Å². The van der Waals surface area contributed by atoms with Crippen LogP contribution in [0.1, 0.15) is 40.5 Å². The van der Waals surface area contributed by atoms with E-state index in [-0.39, 0.29) is 17.6 Å². The zero-order chi connectivity index (χ0) is 15.7. The molecule has 0 saturated carbocycles. The molecule has 1 aromatic carbocycles. The average molecular weight is 297 g/mol. The molecule has 1 aliphatic carbocycles. The number of hydrogen-bond donors (Lipinski definition) is 2. The van der Waals surface area contributed by atoms with Crippen LogP contribution in [0.5, 0.6) is 0 Å². The van der Waals surface area contributed by atoms with Crippen molar-refractivity contribution in [3.8, 4) is 0 Å². The van der Waals surface area contributed by atoms with Crippen LogP contribution in [0.2, 0.25) is 0 Å². The highest BCUT2D eigenvalue weighted by Gasteiger charge is 2.26. The molecule has 0 radical (unpaired) electrons. The van der Waals surface area contributed by atoms with E-state index in [4.69, 9.17) is 0 Å². The maximum atomic E-state index is 12.4. The maximum absolute atomic E-state index is 12.4. The van der Waals surface area contributed by atoms with Crippen molar-refractivity contribution in [1.82, 2.24) is 10.2 Å². The van der Waals surface area contributed by atoms with E-state index < -0.39 is 0 Å². The monoisotopic (exact) mass is 297 g/mol. The molecular weight excluding hydrogens is 278 g/mol. The lowest BCUT2D eigenvalue weighted by Crippen LogP contribution is -2.28. The Balaban J connectivity index is 1.70. The number of benzene rings is 1. The van der Waals surface area contributed by atoms with E-state index in [1.54, 1.807) is 19.1 Å². The number of H-pyrrole nitrogens is 1. The highest BCUT2D eigenvalue weighted by atomic mass is 16.2. The lowest BCUT2D eigenvalue weighted by Gasteiger charge is -2.21. The summed E-state index contributed by atoms with van der Waals surface area (Å²) in [7, 11) is 0. The fourth-order valence-electron chi connectivity index (χ4n) is 3.01. The van der Waals surface area contributed by atoms with Gasteiger partial charge in [-0.2, -0.15) is 5.10 Å². The summed E-state index contributed by atoms with van der Waals surface area (Å²) < 4.78 is 0. The van der Waals surface area contributed by atoms with Crippen LogP contribution in [0, 0.1) is 12.8 Å². The number of ketones is 1. The van der Waals surface area contributed by atoms with Crippen LogP contribution in [-0.4, -0.2) is 21.9 Å². The molecule has 1 aliphatic rings. The Morgan fingerprint density at radius 2 is 2.18 bits per heavy atom. The minimum atomic E-state index is -0.0410. The fourth-order valence-corrected chi connectivity index (χ4v) is 3.01. The number of aromatic amines is 1. The number of aromatic nitrogens is 2. The minimum absolute atomic E-state index is 0.0234. The summed E-state index contributed by atoms with van der Waals surface area (Å²) in [6, 6.07) is 5.40. The molecule has 2 aromatic rings. The largest absolute Gasteiger partial charge is 0.326 e. The van der Waals surface area contributed by atoms with E-state index in [0.717, 1.165) is 29.8 Å². The Morgan fingerprint density at radius 3 is 2.91 bits per heavy atom. The Morgan fingerprint density at radius 1 is 1.36 bits per heavy atom. The molecule has 1 heterocycles. The van der Waals surface area contributed by atoms with Gasteiger partial charge in [0.1, 0.15) is 0 Å². The van der Waals surface area contributed by atoms with Gasteiger partial charge in [-0.1, -0.05) is 0 Å². The van der Waals surface area contributed by atoms with Crippen LogP contribution in [0.4, 0.5) is 5.69 Å². The number of amides is 1. The molecule has 0 aliphatic heterocycles. The van der Waals surface area contributed by atoms with Crippen LogP contribution in [0.25, 0.3) is 0 Å². The maximum Gasteiger partial charge on any atom is 0.227 e. The van der Waals surface area contributed by atoms with E-state index in [9.17, 15) is 9.59 Å². The Labute approximate surface area is 129 Å². The second-order valence-corrected chi connectivity index (χ2v) is 5.89. The molecule has 0 spiro atoms. The van der Waals surface area contributed by atoms with E-state index in [0.29, 0.717) is 12.0 Å². The number of fused-ring (bicyclic) bond motifs is 1. The molecule has 5 heteroatoms. The number of aryl methyl sites for hydroxylation is 2. The van der Waals surface area contributed by atoms with Crippen LogP contribution in [0.15, 0.2) is 24.4 Å². The third-order valence-corrected chi connectivity index (χ3v) is 4.26. The highest BCUT2D eigenvalue weighted by Crippen LogP contribution is 2.25. The van der Waals surface area contributed by atoms with E-state index in [2.05, 4.69) is 15.5 Å². The smallest absolute Gasteiger partial charge is 0.227 e. The molecule has 1 amide bonds. The number of hydrogen-bond acceptors (Lipinski definition) is 3. The van der Waals surface area contributed by atoms with Gasteiger partial charge in [0.05, 0.1) is 6.20 Å².